The van der Waals surface area contributed by atoms with Crippen LogP contribution in [-0.2, 0) is 17.1 Å². The molecule has 0 bridgehead atoms. The molecule has 0 spiro atoms. The van der Waals surface area contributed by atoms with Crippen LogP contribution in [0.5, 0.6) is 0 Å². The van der Waals surface area contributed by atoms with Crippen LogP contribution in [0.4, 0.5) is 35.5 Å². The van der Waals surface area contributed by atoms with Crippen molar-refractivity contribution in [3.8, 4) is 0 Å². The van der Waals surface area contributed by atoms with Crippen molar-refractivity contribution in [1.29, 1.82) is 0 Å². The van der Waals surface area contributed by atoms with Gasteiger partial charge in [0.05, 0.1) is 17.2 Å². The number of halogens is 7. The molecule has 0 saturated carbocycles. The number of amides is 3. The first-order valence-electron chi connectivity index (χ1n) is 13.9. The van der Waals surface area contributed by atoms with Gasteiger partial charge in [-0.25, -0.2) is 9.18 Å². The zero-order valence-electron chi connectivity index (χ0n) is 24.6. The molecule has 43 heavy (non-hydrogen) atoms. The molecule has 2 aliphatic heterocycles. The Bertz CT molecular complexity index is 1320. The lowest BCUT2D eigenvalue weighted by atomic mass is 9.77. The summed E-state index contributed by atoms with van der Waals surface area (Å²) in [6, 6.07) is 4.50. The third-order valence-electron chi connectivity index (χ3n) is 8.65. The summed E-state index contributed by atoms with van der Waals surface area (Å²) in [6.07, 6.45) is -9.65. The summed E-state index contributed by atoms with van der Waals surface area (Å²) in [5, 5.41) is 0. The van der Waals surface area contributed by atoms with Crippen molar-refractivity contribution in [3.63, 3.8) is 0 Å². The van der Waals surface area contributed by atoms with Gasteiger partial charge >= 0.3 is 18.4 Å². The van der Waals surface area contributed by atoms with Gasteiger partial charge in [0.15, 0.2) is 0 Å². The molecule has 0 aromatic heterocycles. The number of carbonyl (C=O) groups excluding carboxylic acids is 2. The molecule has 6 nitrogen and oxygen atoms in total. The largest absolute Gasteiger partial charge is 0.416 e. The highest BCUT2D eigenvalue weighted by molar-refractivity contribution is 5.80. The average molecular weight is 617 g/mol. The maximum atomic E-state index is 14.0. The number of nitrogens with zero attached hydrogens (tertiary/aromatic N) is 4. The highest BCUT2D eigenvalue weighted by Crippen LogP contribution is 2.41. The van der Waals surface area contributed by atoms with Crippen LogP contribution in [0, 0.1) is 18.7 Å². The summed E-state index contributed by atoms with van der Waals surface area (Å²) in [6.45, 7) is 5.07. The Balaban J connectivity index is 1.61. The molecule has 13 heteroatoms. The van der Waals surface area contributed by atoms with Crippen molar-refractivity contribution in [2.24, 2.45) is 5.92 Å². The molecular weight excluding hydrogens is 581 g/mol. The van der Waals surface area contributed by atoms with Crippen molar-refractivity contribution in [2.45, 2.75) is 50.6 Å². The number of benzene rings is 2. The molecule has 236 valence electrons. The lowest BCUT2D eigenvalue weighted by molar-refractivity contribution is -0.143. The molecule has 2 fully saturated rings. The molecule has 2 aliphatic rings. The third-order valence-corrected chi connectivity index (χ3v) is 8.65. The fourth-order valence-corrected chi connectivity index (χ4v) is 6.00. The number of hydrogen-bond donors (Lipinski definition) is 0. The second-order valence-corrected chi connectivity index (χ2v) is 11.7. The topological polar surface area (TPSA) is 47.1 Å². The van der Waals surface area contributed by atoms with Crippen LogP contribution < -0.4 is 0 Å². The fraction of sp³-hybridized carbons (Fsp3) is 0.533. The normalized spacial score (nSPS) is 20.9. The van der Waals surface area contributed by atoms with Crippen LogP contribution >= 0.6 is 0 Å². The van der Waals surface area contributed by atoms with Gasteiger partial charge in [-0.1, -0.05) is 6.07 Å². The zero-order chi connectivity index (χ0) is 32.0. The monoisotopic (exact) mass is 616 g/mol. The van der Waals surface area contributed by atoms with E-state index >= 15 is 0 Å². The molecule has 2 aromatic rings. The number of alkyl halides is 6. The minimum atomic E-state index is -5.01. The first-order valence-corrected chi connectivity index (χ1v) is 13.9. The van der Waals surface area contributed by atoms with Crippen molar-refractivity contribution in [3.05, 3.63) is 70.0 Å². The number of hydrogen-bond acceptors (Lipinski definition) is 3. The summed E-state index contributed by atoms with van der Waals surface area (Å²) < 4.78 is 95.0. The van der Waals surface area contributed by atoms with E-state index in [9.17, 15) is 40.3 Å². The Hall–Kier alpha value is -3.35. The quantitative estimate of drug-likeness (QED) is 0.378. The molecule has 2 saturated heterocycles. The second-order valence-electron chi connectivity index (χ2n) is 11.7. The average Bonchev–Trinajstić information content (AvgIpc) is 2.89. The van der Waals surface area contributed by atoms with Crippen LogP contribution in [0.15, 0.2) is 36.4 Å². The van der Waals surface area contributed by atoms with E-state index in [1.54, 1.807) is 32.0 Å². The maximum absolute atomic E-state index is 14.0. The Kier molecular flexibility index (Phi) is 9.07. The maximum Gasteiger partial charge on any atom is 0.416 e. The van der Waals surface area contributed by atoms with Crippen LogP contribution in [0.1, 0.15) is 53.1 Å². The van der Waals surface area contributed by atoms with Crippen LogP contribution in [-0.4, -0.2) is 84.9 Å². The molecule has 0 unspecified atom stereocenters. The summed E-state index contributed by atoms with van der Waals surface area (Å²) >= 11 is 0. The SMILES string of the molecule is Cc1cc(F)ccc1[C@H]1CN(C2CN(C(=O)N(C)C)C2)CC[C@@H]1C(=O)N(C)[C@H](C)c1cc(C(F)(F)F)cc(C(F)(F)F)c1. The molecule has 0 N–H and O–H groups in total. The van der Waals surface area contributed by atoms with E-state index < -0.39 is 53.1 Å². The molecule has 2 heterocycles. The van der Waals surface area contributed by atoms with Gasteiger partial charge < -0.3 is 14.7 Å². The number of carbonyl (C=O) groups is 2. The zero-order valence-corrected chi connectivity index (χ0v) is 24.6. The Morgan fingerprint density at radius 1 is 0.907 bits per heavy atom. The van der Waals surface area contributed by atoms with Gasteiger partial charge in [-0.05, 0) is 73.8 Å². The number of aryl methyl sites for hydroxylation is 1. The van der Waals surface area contributed by atoms with E-state index in [1.165, 1.54) is 35.9 Å². The number of urea groups is 1. The Labute approximate surface area is 246 Å². The van der Waals surface area contributed by atoms with Gasteiger partial charge in [-0.15, -0.1) is 0 Å². The summed E-state index contributed by atoms with van der Waals surface area (Å²) in [7, 11) is 4.71. The van der Waals surface area contributed by atoms with E-state index in [0.717, 1.165) is 5.56 Å². The van der Waals surface area contributed by atoms with Gasteiger partial charge in [-0.3, -0.25) is 9.69 Å². The number of rotatable bonds is 5. The van der Waals surface area contributed by atoms with Crippen molar-refractivity contribution < 1.29 is 40.3 Å². The van der Waals surface area contributed by atoms with Crippen LogP contribution in [0.3, 0.4) is 0 Å². The fourth-order valence-electron chi connectivity index (χ4n) is 6.00. The number of piperidine rings is 1. The van der Waals surface area contributed by atoms with Crippen LogP contribution in [0.2, 0.25) is 0 Å². The van der Waals surface area contributed by atoms with Gasteiger partial charge in [0.1, 0.15) is 5.82 Å². The molecule has 0 aliphatic carbocycles. The summed E-state index contributed by atoms with van der Waals surface area (Å²) in [5.41, 5.74) is -1.80. The van der Waals surface area contributed by atoms with E-state index in [4.69, 9.17) is 0 Å². The Morgan fingerprint density at radius 2 is 1.49 bits per heavy atom. The van der Waals surface area contributed by atoms with Gasteiger partial charge in [0.25, 0.3) is 0 Å². The first kappa shape index (κ1) is 32.6. The highest BCUT2D eigenvalue weighted by atomic mass is 19.4. The van der Waals surface area contributed by atoms with Crippen molar-refractivity contribution in [1.82, 2.24) is 19.6 Å². The predicted octanol–water partition coefficient (Wildman–Crippen LogP) is 6.16. The number of likely N-dealkylation sites (tertiary alicyclic amines) is 2. The second kappa shape index (κ2) is 12.0. The summed E-state index contributed by atoms with van der Waals surface area (Å²) in [5.74, 6) is -1.93. The van der Waals surface area contributed by atoms with Crippen LogP contribution in [0.25, 0.3) is 0 Å². The summed E-state index contributed by atoms with van der Waals surface area (Å²) in [4.78, 5) is 32.8. The molecule has 2 aromatic carbocycles. The lowest BCUT2D eigenvalue weighted by Gasteiger charge is -2.50. The Morgan fingerprint density at radius 3 is 2.00 bits per heavy atom. The van der Waals surface area contributed by atoms with E-state index in [-0.39, 0.29) is 23.7 Å². The third kappa shape index (κ3) is 6.91. The van der Waals surface area contributed by atoms with E-state index in [2.05, 4.69) is 4.90 Å². The van der Waals surface area contributed by atoms with Gasteiger partial charge in [0.2, 0.25) is 5.91 Å². The molecule has 0 radical (unpaired) electrons. The van der Waals surface area contributed by atoms with Crippen molar-refractivity contribution >= 4 is 11.9 Å². The molecule has 3 atom stereocenters. The smallest absolute Gasteiger partial charge is 0.339 e. The standard InChI is InChI=1S/C30H35F7N4O2/c1-17-10-22(31)6-7-24(17)26-16-40(23-14-41(15-23)28(43)38(3)4)9-8-25(26)27(42)39(5)18(2)19-11-20(29(32,33)34)13-21(12-19)30(35,36)37/h6-7,10-13,18,23,25-26H,8-9,14-16H2,1-5H3/t18-,25+,26-/m1/s1. The molecular formula is C30H35F7N4O2. The minimum absolute atomic E-state index is 0.0609. The van der Waals surface area contributed by atoms with Gasteiger partial charge in [-0.2, -0.15) is 26.3 Å². The molecule has 3 amide bonds. The van der Waals surface area contributed by atoms with E-state index in [1.807, 2.05) is 0 Å². The predicted molar refractivity (Wildman–Crippen MR) is 146 cm³/mol. The first-order chi connectivity index (χ1) is 19.9. The lowest BCUT2D eigenvalue weighted by Crippen LogP contribution is -2.64. The van der Waals surface area contributed by atoms with Crippen molar-refractivity contribution in [2.75, 3.05) is 47.3 Å². The molecule has 4 rings (SSSR count). The van der Waals surface area contributed by atoms with E-state index in [0.29, 0.717) is 50.3 Å². The van der Waals surface area contributed by atoms with Gasteiger partial charge in [0, 0.05) is 58.7 Å². The highest BCUT2D eigenvalue weighted by Gasteiger charge is 2.44. The minimum Gasteiger partial charge on any atom is -0.339 e.